The summed E-state index contributed by atoms with van der Waals surface area (Å²) < 4.78 is 11.2. The normalized spacial score (nSPS) is 18.7. The molecule has 4 heteroatoms. The van der Waals surface area contributed by atoms with Crippen molar-refractivity contribution >= 4 is 0 Å². The maximum atomic E-state index is 5.82. The Balaban J connectivity index is 2.19. The zero-order valence-corrected chi connectivity index (χ0v) is 10.9. The van der Waals surface area contributed by atoms with E-state index in [1.807, 2.05) is 12.1 Å². The Bertz CT molecular complexity index is 382. The van der Waals surface area contributed by atoms with Crippen LogP contribution in [0.3, 0.4) is 0 Å². The summed E-state index contributed by atoms with van der Waals surface area (Å²) in [6.07, 6.45) is 3.14. The maximum Gasteiger partial charge on any atom is 0.165 e. The van der Waals surface area contributed by atoms with Crippen molar-refractivity contribution in [3.8, 4) is 11.5 Å². The van der Waals surface area contributed by atoms with Crippen molar-refractivity contribution in [3.63, 3.8) is 0 Å². The second kappa shape index (κ2) is 6.61. The molecule has 1 unspecified atom stereocenters. The number of nitrogens with two attached hydrogens (primary N) is 1. The lowest BCUT2D eigenvalue weighted by molar-refractivity contribution is 0.294. The highest BCUT2D eigenvalue weighted by atomic mass is 16.5. The molecule has 100 valence electrons. The number of hydrogen-bond acceptors (Lipinski definition) is 4. The summed E-state index contributed by atoms with van der Waals surface area (Å²) in [7, 11) is 1.68. The molecule has 1 heterocycles. The molecule has 0 saturated carbocycles. The molecule has 0 amide bonds. The Hall–Kier alpha value is -1.26. The molecule has 0 aromatic heterocycles. The van der Waals surface area contributed by atoms with E-state index in [9.17, 15) is 0 Å². The van der Waals surface area contributed by atoms with E-state index in [-0.39, 0.29) is 0 Å². The summed E-state index contributed by atoms with van der Waals surface area (Å²) >= 11 is 0. The third-order valence-corrected chi connectivity index (χ3v) is 3.26. The average molecular weight is 250 g/mol. The van der Waals surface area contributed by atoms with Crippen LogP contribution in [0.2, 0.25) is 0 Å². The first kappa shape index (κ1) is 13.2. The lowest BCUT2D eigenvalue weighted by Crippen LogP contribution is -2.23. The zero-order chi connectivity index (χ0) is 12.8. The number of ether oxygens (including phenoxy) is 2. The second-order valence-corrected chi connectivity index (χ2v) is 4.52. The van der Waals surface area contributed by atoms with E-state index in [0.29, 0.717) is 6.04 Å². The maximum absolute atomic E-state index is 5.82. The molecule has 1 aliphatic rings. The molecule has 1 aromatic carbocycles. The lowest BCUT2D eigenvalue weighted by Gasteiger charge is -2.19. The van der Waals surface area contributed by atoms with Gasteiger partial charge < -0.3 is 20.5 Å². The van der Waals surface area contributed by atoms with Crippen molar-refractivity contribution in [1.29, 1.82) is 0 Å². The van der Waals surface area contributed by atoms with Crippen LogP contribution in [-0.4, -0.2) is 26.8 Å². The predicted molar refractivity (Wildman–Crippen MR) is 72.1 cm³/mol. The van der Waals surface area contributed by atoms with Gasteiger partial charge in [0.15, 0.2) is 11.5 Å². The van der Waals surface area contributed by atoms with E-state index in [0.717, 1.165) is 50.5 Å². The van der Waals surface area contributed by atoms with E-state index in [4.69, 9.17) is 15.2 Å². The van der Waals surface area contributed by atoms with E-state index < -0.39 is 0 Å². The fourth-order valence-corrected chi connectivity index (χ4v) is 2.33. The number of para-hydroxylation sites is 1. The first-order chi connectivity index (χ1) is 8.86. The minimum atomic E-state index is 0.337. The van der Waals surface area contributed by atoms with Crippen LogP contribution in [0.5, 0.6) is 11.5 Å². The molecule has 18 heavy (non-hydrogen) atoms. The van der Waals surface area contributed by atoms with Gasteiger partial charge in [0.05, 0.1) is 13.7 Å². The summed E-state index contributed by atoms with van der Waals surface area (Å²) in [6, 6.07) is 6.41. The molecule has 3 N–H and O–H groups in total. The second-order valence-electron chi connectivity index (χ2n) is 4.52. The van der Waals surface area contributed by atoms with Crippen LogP contribution in [0.25, 0.3) is 0 Å². The SMILES string of the molecule is COc1cccc2c1OCCCC2NCCCN. The summed E-state index contributed by atoms with van der Waals surface area (Å²) in [5.74, 6) is 1.71. The molecule has 0 aliphatic carbocycles. The van der Waals surface area contributed by atoms with Crippen LogP contribution in [0.4, 0.5) is 0 Å². The van der Waals surface area contributed by atoms with Crippen molar-refractivity contribution in [1.82, 2.24) is 5.32 Å². The molecule has 0 fully saturated rings. The van der Waals surface area contributed by atoms with Crippen molar-refractivity contribution in [3.05, 3.63) is 23.8 Å². The molecule has 4 nitrogen and oxygen atoms in total. The van der Waals surface area contributed by atoms with Gasteiger partial charge in [-0.25, -0.2) is 0 Å². The summed E-state index contributed by atoms with van der Waals surface area (Å²) in [6.45, 7) is 2.42. The number of nitrogens with one attached hydrogen (secondary N) is 1. The van der Waals surface area contributed by atoms with E-state index in [1.54, 1.807) is 7.11 Å². The van der Waals surface area contributed by atoms with Gasteiger partial charge in [0.1, 0.15) is 0 Å². The molecule has 0 spiro atoms. The summed E-state index contributed by atoms with van der Waals surface area (Å²) in [4.78, 5) is 0. The third-order valence-electron chi connectivity index (χ3n) is 3.26. The third kappa shape index (κ3) is 2.94. The first-order valence-corrected chi connectivity index (χ1v) is 6.60. The Kier molecular flexibility index (Phi) is 4.84. The Labute approximate surface area is 108 Å². The number of fused-ring (bicyclic) bond motifs is 1. The molecule has 1 aromatic rings. The van der Waals surface area contributed by atoms with Gasteiger partial charge in [0.2, 0.25) is 0 Å². The van der Waals surface area contributed by atoms with E-state index in [2.05, 4.69) is 11.4 Å². The summed E-state index contributed by atoms with van der Waals surface area (Å²) in [5, 5.41) is 3.55. The summed E-state index contributed by atoms with van der Waals surface area (Å²) in [5.41, 5.74) is 6.73. The average Bonchev–Trinajstić information content (AvgIpc) is 2.61. The molecule has 1 aliphatic heterocycles. The number of benzene rings is 1. The molecular formula is C14H22N2O2. The monoisotopic (exact) mass is 250 g/mol. The number of hydrogen-bond donors (Lipinski definition) is 2. The highest BCUT2D eigenvalue weighted by Gasteiger charge is 2.21. The first-order valence-electron chi connectivity index (χ1n) is 6.60. The Morgan fingerprint density at radius 2 is 2.39 bits per heavy atom. The fraction of sp³-hybridized carbons (Fsp3) is 0.571. The minimum Gasteiger partial charge on any atom is -0.493 e. The van der Waals surface area contributed by atoms with E-state index >= 15 is 0 Å². The van der Waals surface area contributed by atoms with Gasteiger partial charge >= 0.3 is 0 Å². The van der Waals surface area contributed by atoms with Crippen molar-refractivity contribution in [2.24, 2.45) is 5.73 Å². The standard InChI is InChI=1S/C14H22N2O2/c1-17-13-7-2-5-11-12(16-9-4-8-15)6-3-10-18-14(11)13/h2,5,7,12,16H,3-4,6,8-10,15H2,1H3. The molecular weight excluding hydrogens is 228 g/mol. The van der Waals surface area contributed by atoms with Gasteiger partial charge in [0, 0.05) is 11.6 Å². The van der Waals surface area contributed by atoms with Gasteiger partial charge in [-0.15, -0.1) is 0 Å². The van der Waals surface area contributed by atoms with Crippen molar-refractivity contribution in [2.45, 2.75) is 25.3 Å². The lowest BCUT2D eigenvalue weighted by atomic mass is 10.0. The van der Waals surface area contributed by atoms with Gasteiger partial charge in [0.25, 0.3) is 0 Å². The molecule has 0 bridgehead atoms. The van der Waals surface area contributed by atoms with Crippen LogP contribution in [0.1, 0.15) is 30.9 Å². The smallest absolute Gasteiger partial charge is 0.165 e. The topological polar surface area (TPSA) is 56.5 Å². The van der Waals surface area contributed by atoms with Crippen LogP contribution in [0, 0.1) is 0 Å². The van der Waals surface area contributed by atoms with Gasteiger partial charge in [-0.2, -0.15) is 0 Å². The van der Waals surface area contributed by atoms with Gasteiger partial charge in [-0.05, 0) is 38.4 Å². The number of rotatable bonds is 5. The minimum absolute atomic E-state index is 0.337. The quantitative estimate of drug-likeness (QED) is 0.783. The van der Waals surface area contributed by atoms with Crippen LogP contribution in [0.15, 0.2) is 18.2 Å². The highest BCUT2D eigenvalue weighted by molar-refractivity contribution is 5.48. The van der Waals surface area contributed by atoms with Gasteiger partial charge in [-0.3, -0.25) is 0 Å². The van der Waals surface area contributed by atoms with Crippen molar-refractivity contribution < 1.29 is 9.47 Å². The number of methoxy groups -OCH3 is 1. The molecule has 0 radical (unpaired) electrons. The van der Waals surface area contributed by atoms with Crippen LogP contribution < -0.4 is 20.5 Å². The Morgan fingerprint density at radius 3 is 3.17 bits per heavy atom. The zero-order valence-electron chi connectivity index (χ0n) is 10.9. The van der Waals surface area contributed by atoms with Crippen molar-refractivity contribution in [2.75, 3.05) is 26.8 Å². The largest absolute Gasteiger partial charge is 0.493 e. The van der Waals surface area contributed by atoms with Crippen LogP contribution >= 0.6 is 0 Å². The molecule has 1 atom stereocenters. The molecule has 2 rings (SSSR count). The van der Waals surface area contributed by atoms with Crippen LogP contribution in [-0.2, 0) is 0 Å². The van der Waals surface area contributed by atoms with E-state index in [1.165, 1.54) is 5.56 Å². The highest BCUT2D eigenvalue weighted by Crippen LogP contribution is 2.38. The predicted octanol–water partition coefficient (Wildman–Crippen LogP) is 1.85. The molecule has 0 saturated heterocycles. The van der Waals surface area contributed by atoms with Gasteiger partial charge in [-0.1, -0.05) is 12.1 Å². The Morgan fingerprint density at radius 1 is 1.50 bits per heavy atom. The fourth-order valence-electron chi connectivity index (χ4n) is 2.33.